The van der Waals surface area contributed by atoms with E-state index in [0.717, 1.165) is 37.6 Å². The Labute approximate surface area is 77.2 Å². The third-order valence-corrected chi connectivity index (χ3v) is 2.38. The summed E-state index contributed by atoms with van der Waals surface area (Å²) in [6, 6.07) is 2.14. The van der Waals surface area contributed by atoms with Crippen molar-refractivity contribution in [1.29, 1.82) is 5.26 Å². The van der Waals surface area contributed by atoms with Gasteiger partial charge in [0.1, 0.15) is 11.9 Å². The van der Waals surface area contributed by atoms with Crippen LogP contribution < -0.4 is 5.32 Å². The molecule has 1 N–H and O–H groups in total. The topological polar surface area (TPSA) is 53.6 Å². The molecular weight excluding hydrogens is 164 g/mol. The summed E-state index contributed by atoms with van der Waals surface area (Å²) < 4.78 is 2.16. The lowest BCUT2D eigenvalue weighted by atomic mass is 10.3. The van der Waals surface area contributed by atoms with E-state index in [9.17, 15) is 0 Å². The second kappa shape index (κ2) is 3.19. The number of rotatable bonds is 1. The van der Waals surface area contributed by atoms with Crippen LogP contribution in [-0.4, -0.2) is 16.1 Å². The molecule has 1 aromatic rings. The summed E-state index contributed by atoms with van der Waals surface area (Å²) in [6.45, 7) is 4.75. The molecule has 2 heterocycles. The molecule has 0 aromatic carbocycles. The number of nitriles is 1. The number of imidazole rings is 1. The molecule has 0 saturated carbocycles. The van der Waals surface area contributed by atoms with Gasteiger partial charge in [-0.3, -0.25) is 0 Å². The Morgan fingerprint density at radius 3 is 3.23 bits per heavy atom. The molecule has 0 spiro atoms. The molecule has 0 amide bonds. The number of aryl methyl sites for hydroxylation is 1. The maximum Gasteiger partial charge on any atom is 0.163 e. The van der Waals surface area contributed by atoms with Gasteiger partial charge in [0.15, 0.2) is 5.69 Å². The first-order valence-corrected chi connectivity index (χ1v) is 4.56. The molecule has 68 valence electrons. The zero-order chi connectivity index (χ0) is 9.26. The highest BCUT2D eigenvalue weighted by molar-refractivity contribution is 5.30. The predicted octanol–water partition coefficient (Wildman–Crippen LogP) is 0.420. The van der Waals surface area contributed by atoms with E-state index in [1.54, 1.807) is 0 Å². The van der Waals surface area contributed by atoms with Crippen LogP contribution in [0.2, 0.25) is 0 Å². The van der Waals surface area contributed by atoms with Crippen molar-refractivity contribution < 1.29 is 0 Å². The molecule has 0 saturated heterocycles. The van der Waals surface area contributed by atoms with Gasteiger partial charge in [-0.25, -0.2) is 4.98 Å². The molecule has 0 atom stereocenters. The first-order chi connectivity index (χ1) is 6.36. The summed E-state index contributed by atoms with van der Waals surface area (Å²) in [6.07, 6.45) is 0.898. The second-order valence-electron chi connectivity index (χ2n) is 3.12. The number of hydrogen-bond donors (Lipinski definition) is 1. The highest BCUT2D eigenvalue weighted by atomic mass is 15.1. The van der Waals surface area contributed by atoms with Crippen LogP contribution in [0.15, 0.2) is 0 Å². The fourth-order valence-corrected chi connectivity index (χ4v) is 1.74. The Balaban J connectivity index is 2.52. The Hall–Kier alpha value is -1.34. The van der Waals surface area contributed by atoms with E-state index in [1.165, 1.54) is 0 Å². The standard InChI is InChI=1S/C9H12N4/c1-2-9-12-7(5-10)8-6-11-3-4-13(8)9/h11H,2-4,6H2,1H3. The van der Waals surface area contributed by atoms with Gasteiger partial charge in [-0.1, -0.05) is 6.92 Å². The molecule has 0 unspecified atom stereocenters. The van der Waals surface area contributed by atoms with Crippen LogP contribution in [0.4, 0.5) is 0 Å². The maximum atomic E-state index is 8.85. The average Bonchev–Trinajstić information content (AvgIpc) is 2.56. The van der Waals surface area contributed by atoms with Crippen LogP contribution >= 0.6 is 0 Å². The molecule has 4 nitrogen and oxygen atoms in total. The van der Waals surface area contributed by atoms with Gasteiger partial charge in [-0.2, -0.15) is 5.26 Å². The zero-order valence-corrected chi connectivity index (χ0v) is 7.67. The monoisotopic (exact) mass is 176 g/mol. The molecule has 4 heteroatoms. The van der Waals surface area contributed by atoms with E-state index in [1.807, 2.05) is 0 Å². The number of nitrogens with zero attached hydrogens (tertiary/aromatic N) is 3. The number of nitrogens with one attached hydrogen (secondary N) is 1. The minimum Gasteiger partial charge on any atom is -0.328 e. The predicted molar refractivity (Wildman–Crippen MR) is 48.0 cm³/mol. The van der Waals surface area contributed by atoms with Gasteiger partial charge < -0.3 is 9.88 Å². The van der Waals surface area contributed by atoms with E-state index in [-0.39, 0.29) is 0 Å². The number of hydrogen-bond acceptors (Lipinski definition) is 3. The van der Waals surface area contributed by atoms with Crippen LogP contribution in [-0.2, 0) is 19.5 Å². The average molecular weight is 176 g/mol. The summed E-state index contributed by atoms with van der Waals surface area (Å²) in [4.78, 5) is 4.29. The molecule has 1 aromatic heterocycles. The molecule has 0 fully saturated rings. The summed E-state index contributed by atoms with van der Waals surface area (Å²) >= 11 is 0. The van der Waals surface area contributed by atoms with Crippen molar-refractivity contribution in [2.45, 2.75) is 26.4 Å². The van der Waals surface area contributed by atoms with Gasteiger partial charge in [-0.05, 0) is 0 Å². The fourth-order valence-electron chi connectivity index (χ4n) is 1.74. The first kappa shape index (κ1) is 8.27. The van der Waals surface area contributed by atoms with Crippen LogP contribution in [0.1, 0.15) is 24.1 Å². The van der Waals surface area contributed by atoms with Gasteiger partial charge >= 0.3 is 0 Å². The Bertz CT molecular complexity index is 358. The smallest absolute Gasteiger partial charge is 0.163 e. The lowest BCUT2D eigenvalue weighted by Gasteiger charge is -2.17. The third-order valence-electron chi connectivity index (χ3n) is 2.38. The van der Waals surface area contributed by atoms with Crippen molar-refractivity contribution in [2.24, 2.45) is 0 Å². The number of aromatic nitrogens is 2. The van der Waals surface area contributed by atoms with E-state index >= 15 is 0 Å². The van der Waals surface area contributed by atoms with E-state index in [4.69, 9.17) is 5.26 Å². The molecule has 0 aliphatic carbocycles. The largest absolute Gasteiger partial charge is 0.328 e. The van der Waals surface area contributed by atoms with E-state index in [0.29, 0.717) is 5.69 Å². The molecule has 0 radical (unpaired) electrons. The molecular formula is C9H12N4. The lowest BCUT2D eigenvalue weighted by molar-refractivity contribution is 0.502. The zero-order valence-electron chi connectivity index (χ0n) is 7.67. The minimum atomic E-state index is 0.587. The van der Waals surface area contributed by atoms with Crippen molar-refractivity contribution in [3.63, 3.8) is 0 Å². The van der Waals surface area contributed by atoms with E-state index < -0.39 is 0 Å². The summed E-state index contributed by atoms with van der Waals surface area (Å²) in [5.41, 5.74) is 1.63. The van der Waals surface area contributed by atoms with Crippen molar-refractivity contribution >= 4 is 0 Å². The third kappa shape index (κ3) is 1.21. The van der Waals surface area contributed by atoms with Crippen molar-refractivity contribution in [3.8, 4) is 6.07 Å². The van der Waals surface area contributed by atoms with Crippen LogP contribution in [0, 0.1) is 11.3 Å². The molecule has 2 rings (SSSR count). The van der Waals surface area contributed by atoms with Crippen LogP contribution in [0.5, 0.6) is 0 Å². The van der Waals surface area contributed by atoms with Crippen LogP contribution in [0.25, 0.3) is 0 Å². The second-order valence-corrected chi connectivity index (χ2v) is 3.12. The Morgan fingerprint density at radius 1 is 1.69 bits per heavy atom. The molecule has 13 heavy (non-hydrogen) atoms. The van der Waals surface area contributed by atoms with Crippen molar-refractivity contribution in [3.05, 3.63) is 17.2 Å². The summed E-state index contributed by atoms with van der Waals surface area (Å²) in [5.74, 6) is 1.04. The van der Waals surface area contributed by atoms with Gasteiger partial charge in [0.2, 0.25) is 0 Å². The van der Waals surface area contributed by atoms with Gasteiger partial charge in [0.05, 0.1) is 5.69 Å². The van der Waals surface area contributed by atoms with Gasteiger partial charge in [0.25, 0.3) is 0 Å². The Morgan fingerprint density at radius 2 is 2.54 bits per heavy atom. The fraction of sp³-hybridized carbons (Fsp3) is 0.556. The highest BCUT2D eigenvalue weighted by Gasteiger charge is 2.17. The minimum absolute atomic E-state index is 0.587. The normalized spacial score (nSPS) is 15.1. The first-order valence-electron chi connectivity index (χ1n) is 4.56. The Kier molecular flexibility index (Phi) is 2.03. The van der Waals surface area contributed by atoms with E-state index in [2.05, 4.69) is 27.9 Å². The SMILES string of the molecule is CCc1nc(C#N)c2n1CCNC2. The molecule has 0 bridgehead atoms. The van der Waals surface area contributed by atoms with Crippen LogP contribution in [0.3, 0.4) is 0 Å². The summed E-state index contributed by atoms with van der Waals surface area (Å²) in [7, 11) is 0. The van der Waals surface area contributed by atoms with Gasteiger partial charge in [-0.15, -0.1) is 0 Å². The number of fused-ring (bicyclic) bond motifs is 1. The highest BCUT2D eigenvalue weighted by Crippen LogP contribution is 2.14. The van der Waals surface area contributed by atoms with Gasteiger partial charge in [0, 0.05) is 26.1 Å². The maximum absolute atomic E-state index is 8.85. The summed E-state index contributed by atoms with van der Waals surface area (Å²) in [5, 5.41) is 12.1. The lowest BCUT2D eigenvalue weighted by Crippen LogP contribution is -2.29. The molecule has 1 aliphatic heterocycles. The van der Waals surface area contributed by atoms with Crippen molar-refractivity contribution in [2.75, 3.05) is 6.54 Å². The molecule has 1 aliphatic rings. The quantitative estimate of drug-likeness (QED) is 0.674. The van der Waals surface area contributed by atoms with Crippen molar-refractivity contribution in [1.82, 2.24) is 14.9 Å².